The molecule has 4 nitrogen and oxygen atoms in total. The second-order valence-corrected chi connectivity index (χ2v) is 4.19. The number of carboxylic acid groups (broad SMARTS) is 1. The monoisotopic (exact) mass is 279 g/mol. The predicted octanol–water partition coefficient (Wildman–Crippen LogP) is 3.35. The largest absolute Gasteiger partial charge is 0.478 e. The van der Waals surface area contributed by atoms with Gasteiger partial charge in [-0.2, -0.15) is 0 Å². The Morgan fingerprint density at radius 1 is 1.20 bits per heavy atom. The van der Waals surface area contributed by atoms with Crippen LogP contribution in [0.4, 0.5) is 14.5 Å². The van der Waals surface area contributed by atoms with Crippen molar-refractivity contribution in [3.8, 4) is 11.5 Å². The molecule has 0 saturated carbocycles. The van der Waals surface area contributed by atoms with Gasteiger partial charge in [0.25, 0.3) is 0 Å². The summed E-state index contributed by atoms with van der Waals surface area (Å²) in [5, 5.41) is 8.76. The van der Waals surface area contributed by atoms with Crippen LogP contribution in [0.2, 0.25) is 0 Å². The number of carboxylic acids is 1. The van der Waals surface area contributed by atoms with Crippen LogP contribution in [0.1, 0.15) is 15.9 Å². The Labute approximate surface area is 113 Å². The quantitative estimate of drug-likeness (QED) is 0.845. The minimum Gasteiger partial charge on any atom is -0.478 e. The fourth-order valence-electron chi connectivity index (χ4n) is 1.63. The molecule has 0 heterocycles. The lowest BCUT2D eigenvalue weighted by Gasteiger charge is -2.10. The molecule has 0 atom stereocenters. The summed E-state index contributed by atoms with van der Waals surface area (Å²) < 4.78 is 32.0. The normalized spacial score (nSPS) is 10.3. The second-order valence-electron chi connectivity index (χ2n) is 4.19. The number of aryl methyl sites for hydroxylation is 1. The van der Waals surface area contributed by atoms with Gasteiger partial charge in [-0.15, -0.1) is 0 Å². The predicted molar refractivity (Wildman–Crippen MR) is 69.0 cm³/mol. The fourth-order valence-corrected chi connectivity index (χ4v) is 1.63. The Morgan fingerprint density at radius 3 is 2.50 bits per heavy atom. The van der Waals surface area contributed by atoms with Crippen molar-refractivity contribution in [2.75, 3.05) is 5.73 Å². The maximum Gasteiger partial charge on any atom is 0.338 e. The minimum atomic E-state index is -1.42. The van der Waals surface area contributed by atoms with Gasteiger partial charge in [0, 0.05) is 6.07 Å². The van der Waals surface area contributed by atoms with Gasteiger partial charge < -0.3 is 15.6 Å². The van der Waals surface area contributed by atoms with Gasteiger partial charge in [-0.1, -0.05) is 0 Å². The van der Waals surface area contributed by atoms with E-state index in [0.29, 0.717) is 5.56 Å². The average molecular weight is 279 g/mol. The number of aromatic carboxylic acids is 1. The topological polar surface area (TPSA) is 72.5 Å². The van der Waals surface area contributed by atoms with E-state index >= 15 is 0 Å². The number of nitrogens with two attached hydrogens (primary N) is 1. The number of rotatable bonds is 3. The number of halogens is 2. The van der Waals surface area contributed by atoms with E-state index in [9.17, 15) is 13.6 Å². The van der Waals surface area contributed by atoms with Crippen LogP contribution in [-0.4, -0.2) is 11.1 Å². The Morgan fingerprint density at radius 2 is 1.90 bits per heavy atom. The molecule has 0 aliphatic carbocycles. The molecule has 0 saturated heterocycles. The van der Waals surface area contributed by atoms with Crippen molar-refractivity contribution >= 4 is 11.7 Å². The zero-order valence-electron chi connectivity index (χ0n) is 10.5. The summed E-state index contributed by atoms with van der Waals surface area (Å²) in [6.45, 7) is 1.56. The maximum absolute atomic E-state index is 13.6. The van der Waals surface area contributed by atoms with E-state index in [-0.39, 0.29) is 17.2 Å². The first-order chi connectivity index (χ1) is 9.38. The summed E-state index contributed by atoms with van der Waals surface area (Å²) in [7, 11) is 0. The first-order valence-corrected chi connectivity index (χ1v) is 5.65. The summed E-state index contributed by atoms with van der Waals surface area (Å²) in [5.41, 5.74) is 5.42. The van der Waals surface area contributed by atoms with E-state index in [4.69, 9.17) is 15.6 Å². The summed E-state index contributed by atoms with van der Waals surface area (Å²) >= 11 is 0. The molecule has 0 aliphatic heterocycles. The third-order valence-electron chi connectivity index (χ3n) is 2.69. The second kappa shape index (κ2) is 5.16. The van der Waals surface area contributed by atoms with Crippen LogP contribution in [0.5, 0.6) is 11.5 Å². The molecule has 20 heavy (non-hydrogen) atoms. The SMILES string of the molecule is Cc1cc(Oc2cc(F)c(C(=O)O)cc2N)ccc1F. The van der Waals surface area contributed by atoms with E-state index in [1.807, 2.05) is 0 Å². The molecular formula is C14H11F2NO3. The lowest BCUT2D eigenvalue weighted by molar-refractivity contribution is 0.0692. The van der Waals surface area contributed by atoms with Crippen LogP contribution < -0.4 is 10.5 Å². The average Bonchev–Trinajstić information content (AvgIpc) is 2.37. The molecule has 104 valence electrons. The molecule has 3 N–H and O–H groups in total. The summed E-state index contributed by atoms with van der Waals surface area (Å²) in [4.78, 5) is 10.7. The fraction of sp³-hybridized carbons (Fsp3) is 0.0714. The number of nitrogen functional groups attached to an aromatic ring is 1. The molecule has 0 amide bonds. The number of anilines is 1. The van der Waals surface area contributed by atoms with Crippen molar-refractivity contribution in [2.24, 2.45) is 0 Å². The van der Waals surface area contributed by atoms with Gasteiger partial charge in [-0.3, -0.25) is 0 Å². The number of ether oxygens (including phenoxy) is 1. The van der Waals surface area contributed by atoms with E-state index in [1.165, 1.54) is 18.2 Å². The molecule has 0 fully saturated rings. The highest BCUT2D eigenvalue weighted by molar-refractivity contribution is 5.89. The smallest absolute Gasteiger partial charge is 0.338 e. The van der Waals surface area contributed by atoms with Crippen LogP contribution >= 0.6 is 0 Å². The molecule has 6 heteroatoms. The molecule has 2 aromatic carbocycles. The number of benzene rings is 2. The molecule has 0 bridgehead atoms. The molecule has 0 unspecified atom stereocenters. The summed E-state index contributed by atoms with van der Waals surface area (Å²) in [6, 6.07) is 5.87. The highest BCUT2D eigenvalue weighted by atomic mass is 19.1. The van der Waals surface area contributed by atoms with Gasteiger partial charge >= 0.3 is 5.97 Å². The lowest BCUT2D eigenvalue weighted by atomic mass is 10.1. The Balaban J connectivity index is 2.36. The van der Waals surface area contributed by atoms with Crippen molar-refractivity contribution in [2.45, 2.75) is 6.92 Å². The van der Waals surface area contributed by atoms with Crippen molar-refractivity contribution < 1.29 is 23.4 Å². The minimum absolute atomic E-state index is 0.0224. The maximum atomic E-state index is 13.6. The van der Waals surface area contributed by atoms with Gasteiger partial charge in [-0.05, 0) is 36.8 Å². The van der Waals surface area contributed by atoms with Crippen molar-refractivity contribution in [1.29, 1.82) is 0 Å². The van der Waals surface area contributed by atoms with Crippen molar-refractivity contribution in [3.63, 3.8) is 0 Å². The van der Waals surface area contributed by atoms with Gasteiger partial charge in [0.05, 0.1) is 11.3 Å². The van der Waals surface area contributed by atoms with E-state index in [2.05, 4.69) is 0 Å². The standard InChI is InChI=1S/C14H11F2NO3/c1-7-4-8(2-3-10(7)15)20-13-6-11(16)9(14(18)19)5-12(13)17/h2-6H,17H2,1H3,(H,18,19). The molecule has 2 aromatic rings. The van der Waals surface area contributed by atoms with Gasteiger partial charge in [0.15, 0.2) is 5.75 Å². The number of carbonyl (C=O) groups is 1. The molecule has 0 radical (unpaired) electrons. The highest BCUT2D eigenvalue weighted by Crippen LogP contribution is 2.30. The number of hydrogen-bond acceptors (Lipinski definition) is 3. The molecule has 2 rings (SSSR count). The van der Waals surface area contributed by atoms with Crippen LogP contribution in [0.25, 0.3) is 0 Å². The van der Waals surface area contributed by atoms with Crippen molar-refractivity contribution in [3.05, 3.63) is 53.1 Å². The zero-order valence-corrected chi connectivity index (χ0v) is 10.5. The Hall–Kier alpha value is -2.63. The van der Waals surface area contributed by atoms with Crippen molar-refractivity contribution in [1.82, 2.24) is 0 Å². The van der Waals surface area contributed by atoms with Crippen LogP contribution in [0.3, 0.4) is 0 Å². The van der Waals surface area contributed by atoms with Crippen LogP contribution in [-0.2, 0) is 0 Å². The van der Waals surface area contributed by atoms with Gasteiger partial charge in [0.2, 0.25) is 0 Å². The number of hydrogen-bond donors (Lipinski definition) is 2. The van der Waals surface area contributed by atoms with Crippen LogP contribution in [0.15, 0.2) is 30.3 Å². The van der Waals surface area contributed by atoms with Gasteiger partial charge in [0.1, 0.15) is 17.4 Å². The third kappa shape index (κ3) is 2.69. The summed E-state index contributed by atoms with van der Waals surface area (Å²) in [5.74, 6) is -2.52. The molecule has 0 spiro atoms. The first-order valence-electron chi connectivity index (χ1n) is 5.65. The zero-order chi connectivity index (χ0) is 14.9. The lowest BCUT2D eigenvalue weighted by Crippen LogP contribution is -2.03. The molecule has 0 aromatic heterocycles. The van der Waals surface area contributed by atoms with Gasteiger partial charge in [-0.25, -0.2) is 13.6 Å². The first kappa shape index (κ1) is 13.8. The highest BCUT2D eigenvalue weighted by Gasteiger charge is 2.15. The van der Waals surface area contributed by atoms with E-state index in [1.54, 1.807) is 6.92 Å². The van der Waals surface area contributed by atoms with E-state index in [0.717, 1.165) is 12.1 Å². The molecular weight excluding hydrogens is 268 g/mol. The Bertz CT molecular complexity index is 686. The third-order valence-corrected chi connectivity index (χ3v) is 2.69. The molecule has 0 aliphatic rings. The van der Waals surface area contributed by atoms with Crippen LogP contribution in [0, 0.1) is 18.6 Å². The Kier molecular flexibility index (Phi) is 3.56. The van der Waals surface area contributed by atoms with E-state index < -0.39 is 23.2 Å². The summed E-state index contributed by atoms with van der Waals surface area (Å²) in [6.07, 6.45) is 0.